The fourth-order valence-corrected chi connectivity index (χ4v) is 3.63. The molecule has 1 aliphatic rings. The summed E-state index contributed by atoms with van der Waals surface area (Å²) < 4.78 is 0. The van der Waals surface area contributed by atoms with Gasteiger partial charge in [0.2, 0.25) is 0 Å². The highest BCUT2D eigenvalue weighted by Crippen LogP contribution is 2.26. The fourth-order valence-electron chi connectivity index (χ4n) is 2.66. The second-order valence-electron chi connectivity index (χ2n) is 4.96. The van der Waals surface area contributed by atoms with Gasteiger partial charge in [-0.25, -0.2) is 0 Å². The number of thiophene rings is 1. The molecule has 0 spiro atoms. The van der Waals surface area contributed by atoms with Crippen molar-refractivity contribution in [3.05, 3.63) is 21.9 Å². The summed E-state index contributed by atoms with van der Waals surface area (Å²) in [6.45, 7) is 2.06. The van der Waals surface area contributed by atoms with Crippen LogP contribution in [0.1, 0.15) is 47.8 Å². The van der Waals surface area contributed by atoms with E-state index in [9.17, 15) is 9.90 Å². The molecule has 1 aliphatic carbocycles. The normalized spacial score (nSPS) is 23.9. The lowest BCUT2D eigenvalue weighted by Gasteiger charge is -2.35. The van der Waals surface area contributed by atoms with Crippen LogP contribution in [0.4, 0.5) is 0 Å². The largest absolute Gasteiger partial charge is 0.391 e. The van der Waals surface area contributed by atoms with Crippen LogP contribution in [0.25, 0.3) is 0 Å². The number of rotatable bonds is 3. The predicted octanol–water partition coefficient (Wildman–Crippen LogP) is 2.69. The predicted molar refractivity (Wildman–Crippen MR) is 74.1 cm³/mol. The molecule has 1 saturated carbocycles. The van der Waals surface area contributed by atoms with Gasteiger partial charge in [0.15, 0.2) is 0 Å². The van der Waals surface area contributed by atoms with Gasteiger partial charge in [-0.05, 0) is 36.3 Å². The molecule has 1 fully saturated rings. The molecule has 0 aromatic carbocycles. The van der Waals surface area contributed by atoms with Crippen LogP contribution in [0, 0.1) is 0 Å². The summed E-state index contributed by atoms with van der Waals surface area (Å²) in [7, 11) is 1.82. The number of hydrogen-bond acceptors (Lipinski definition) is 3. The maximum atomic E-state index is 12.5. The Morgan fingerprint density at radius 2 is 2.22 bits per heavy atom. The molecule has 1 amide bonds. The average Bonchev–Trinajstić information content (AvgIpc) is 2.86. The summed E-state index contributed by atoms with van der Waals surface area (Å²) in [5.74, 6) is 0.0628. The summed E-state index contributed by atoms with van der Waals surface area (Å²) >= 11 is 1.50. The Kier molecular flexibility index (Phi) is 4.40. The Morgan fingerprint density at radius 3 is 2.89 bits per heavy atom. The van der Waals surface area contributed by atoms with Gasteiger partial charge in [-0.3, -0.25) is 4.79 Å². The number of amides is 1. The summed E-state index contributed by atoms with van der Waals surface area (Å²) in [5.41, 5.74) is 1.11. The highest BCUT2D eigenvalue weighted by Gasteiger charge is 2.30. The van der Waals surface area contributed by atoms with Gasteiger partial charge in [0.05, 0.1) is 17.0 Å². The van der Waals surface area contributed by atoms with Crippen molar-refractivity contribution in [3.63, 3.8) is 0 Å². The van der Waals surface area contributed by atoms with Gasteiger partial charge in [-0.1, -0.05) is 19.8 Å². The van der Waals surface area contributed by atoms with E-state index in [1.54, 1.807) is 4.90 Å². The molecule has 4 heteroatoms. The Bertz CT molecular complexity index is 416. The van der Waals surface area contributed by atoms with Crippen LogP contribution in [-0.4, -0.2) is 35.1 Å². The van der Waals surface area contributed by atoms with Crippen molar-refractivity contribution in [1.29, 1.82) is 0 Å². The molecular formula is C14H21NO2S. The molecule has 0 aliphatic heterocycles. The second-order valence-corrected chi connectivity index (χ2v) is 5.88. The van der Waals surface area contributed by atoms with Gasteiger partial charge in [0.25, 0.3) is 5.91 Å². The third-order valence-electron chi connectivity index (χ3n) is 3.83. The second kappa shape index (κ2) is 5.85. The quantitative estimate of drug-likeness (QED) is 0.914. The maximum absolute atomic E-state index is 12.5. The smallest absolute Gasteiger partial charge is 0.264 e. The standard InChI is InChI=1S/C14H21NO2S/c1-3-10-8-9-18-13(10)14(17)15(2)11-6-4-5-7-12(11)16/h8-9,11-12,16H,3-7H2,1-2H3. The number of carbonyl (C=O) groups is 1. The first-order chi connectivity index (χ1) is 8.65. The topological polar surface area (TPSA) is 40.5 Å². The van der Waals surface area contributed by atoms with Crippen LogP contribution >= 0.6 is 11.3 Å². The van der Waals surface area contributed by atoms with Crippen LogP contribution in [-0.2, 0) is 6.42 Å². The van der Waals surface area contributed by atoms with Crippen molar-refractivity contribution < 1.29 is 9.90 Å². The van der Waals surface area contributed by atoms with E-state index in [4.69, 9.17) is 0 Å². The van der Waals surface area contributed by atoms with E-state index in [0.29, 0.717) is 0 Å². The molecule has 100 valence electrons. The van der Waals surface area contributed by atoms with E-state index in [1.807, 2.05) is 18.5 Å². The molecule has 0 bridgehead atoms. The molecule has 0 radical (unpaired) electrons. The minimum absolute atomic E-state index is 0.0157. The number of carbonyl (C=O) groups excluding carboxylic acids is 1. The van der Waals surface area contributed by atoms with Crippen LogP contribution in [0.15, 0.2) is 11.4 Å². The van der Waals surface area contributed by atoms with Crippen molar-refractivity contribution in [2.24, 2.45) is 0 Å². The van der Waals surface area contributed by atoms with E-state index in [-0.39, 0.29) is 18.1 Å². The molecule has 1 aromatic rings. The number of aliphatic hydroxyl groups excluding tert-OH is 1. The van der Waals surface area contributed by atoms with E-state index in [2.05, 4.69) is 6.92 Å². The molecule has 3 nitrogen and oxygen atoms in total. The molecule has 2 atom stereocenters. The highest BCUT2D eigenvalue weighted by molar-refractivity contribution is 7.12. The maximum Gasteiger partial charge on any atom is 0.264 e. The van der Waals surface area contributed by atoms with Gasteiger partial charge in [-0.15, -0.1) is 11.3 Å². The minimum Gasteiger partial charge on any atom is -0.391 e. The van der Waals surface area contributed by atoms with Gasteiger partial charge in [-0.2, -0.15) is 0 Å². The summed E-state index contributed by atoms with van der Waals surface area (Å²) in [6, 6.07) is 2.00. The lowest BCUT2D eigenvalue weighted by molar-refractivity contribution is 0.0270. The van der Waals surface area contributed by atoms with Crippen LogP contribution in [0.2, 0.25) is 0 Å². The molecule has 1 N–H and O–H groups in total. The van der Waals surface area contributed by atoms with Crippen LogP contribution in [0.3, 0.4) is 0 Å². The van der Waals surface area contributed by atoms with Crippen LogP contribution in [0.5, 0.6) is 0 Å². The SMILES string of the molecule is CCc1ccsc1C(=O)N(C)C1CCCCC1O. The first-order valence-electron chi connectivity index (χ1n) is 6.66. The summed E-state index contributed by atoms with van der Waals surface area (Å²) in [6.07, 6.45) is 4.41. The number of hydrogen-bond donors (Lipinski definition) is 1. The number of aliphatic hydroxyl groups is 1. The zero-order valence-corrected chi connectivity index (χ0v) is 11.9. The Morgan fingerprint density at radius 1 is 1.50 bits per heavy atom. The van der Waals surface area contributed by atoms with Gasteiger partial charge < -0.3 is 10.0 Å². The van der Waals surface area contributed by atoms with Crippen molar-refractivity contribution in [1.82, 2.24) is 4.90 Å². The zero-order chi connectivity index (χ0) is 13.1. The number of likely N-dealkylation sites (N-methyl/N-ethyl adjacent to an activating group) is 1. The monoisotopic (exact) mass is 267 g/mol. The van der Waals surface area contributed by atoms with E-state index in [0.717, 1.165) is 42.5 Å². The Hall–Kier alpha value is -0.870. The molecule has 18 heavy (non-hydrogen) atoms. The van der Waals surface area contributed by atoms with Crippen molar-refractivity contribution in [2.45, 2.75) is 51.2 Å². The number of nitrogens with zero attached hydrogens (tertiary/aromatic N) is 1. The zero-order valence-electron chi connectivity index (χ0n) is 11.1. The molecule has 2 unspecified atom stereocenters. The van der Waals surface area contributed by atoms with E-state index < -0.39 is 0 Å². The van der Waals surface area contributed by atoms with Gasteiger partial charge in [0, 0.05) is 7.05 Å². The van der Waals surface area contributed by atoms with E-state index >= 15 is 0 Å². The lowest BCUT2D eigenvalue weighted by atomic mass is 9.91. The molecule has 1 heterocycles. The van der Waals surface area contributed by atoms with Crippen molar-refractivity contribution >= 4 is 17.2 Å². The average molecular weight is 267 g/mol. The first kappa shape index (κ1) is 13.6. The Labute approximate surface area is 112 Å². The molecule has 0 saturated heterocycles. The first-order valence-corrected chi connectivity index (χ1v) is 7.54. The highest BCUT2D eigenvalue weighted by atomic mass is 32.1. The van der Waals surface area contributed by atoms with Gasteiger partial charge >= 0.3 is 0 Å². The summed E-state index contributed by atoms with van der Waals surface area (Å²) in [4.78, 5) is 15.0. The summed E-state index contributed by atoms with van der Waals surface area (Å²) in [5, 5.41) is 12.0. The van der Waals surface area contributed by atoms with Crippen molar-refractivity contribution in [3.8, 4) is 0 Å². The molecule has 2 rings (SSSR count). The fraction of sp³-hybridized carbons (Fsp3) is 0.643. The minimum atomic E-state index is -0.363. The third-order valence-corrected chi connectivity index (χ3v) is 4.78. The van der Waals surface area contributed by atoms with Gasteiger partial charge in [0.1, 0.15) is 0 Å². The van der Waals surface area contributed by atoms with Crippen LogP contribution < -0.4 is 0 Å². The lowest BCUT2D eigenvalue weighted by Crippen LogP contribution is -2.46. The molecular weight excluding hydrogens is 246 g/mol. The van der Waals surface area contributed by atoms with Crippen molar-refractivity contribution in [2.75, 3.05) is 7.05 Å². The third kappa shape index (κ3) is 2.59. The molecule has 1 aromatic heterocycles. The number of aryl methyl sites for hydroxylation is 1. The van der Waals surface area contributed by atoms with E-state index in [1.165, 1.54) is 11.3 Å². The Balaban J connectivity index is 2.13.